The highest BCUT2D eigenvalue weighted by Gasteiger charge is 2.42. The van der Waals surface area contributed by atoms with Crippen molar-refractivity contribution >= 4 is 0 Å². The standard InChI is InChI=1S/C13H21N3O/c1-13(2,14)7-11-15-12(16-17-11)10-6-8-3-4-9(10)5-8/h8-10H,3-7,14H2,1-2H3. The molecule has 1 aromatic rings. The molecule has 2 bridgehead atoms. The number of hydrogen-bond acceptors (Lipinski definition) is 4. The molecule has 17 heavy (non-hydrogen) atoms. The molecule has 94 valence electrons. The largest absolute Gasteiger partial charge is 0.339 e. The van der Waals surface area contributed by atoms with Gasteiger partial charge < -0.3 is 10.3 Å². The molecule has 2 saturated carbocycles. The Balaban J connectivity index is 1.72. The molecule has 2 aliphatic carbocycles. The van der Waals surface area contributed by atoms with Gasteiger partial charge >= 0.3 is 0 Å². The van der Waals surface area contributed by atoms with Gasteiger partial charge in [-0.1, -0.05) is 11.6 Å². The summed E-state index contributed by atoms with van der Waals surface area (Å²) in [4.78, 5) is 4.54. The van der Waals surface area contributed by atoms with Gasteiger partial charge in [0.15, 0.2) is 5.82 Å². The molecule has 0 amide bonds. The van der Waals surface area contributed by atoms with Crippen LogP contribution in [0.15, 0.2) is 4.52 Å². The van der Waals surface area contributed by atoms with Crippen molar-refractivity contribution in [3.05, 3.63) is 11.7 Å². The summed E-state index contributed by atoms with van der Waals surface area (Å²) in [6, 6.07) is 0. The van der Waals surface area contributed by atoms with Crippen LogP contribution >= 0.6 is 0 Å². The second-order valence-electron chi connectivity index (χ2n) is 6.49. The van der Waals surface area contributed by atoms with E-state index in [4.69, 9.17) is 10.3 Å². The Hall–Kier alpha value is -0.900. The van der Waals surface area contributed by atoms with E-state index < -0.39 is 0 Å². The minimum absolute atomic E-state index is 0.279. The van der Waals surface area contributed by atoms with E-state index in [-0.39, 0.29) is 5.54 Å². The van der Waals surface area contributed by atoms with Gasteiger partial charge in [0.1, 0.15) is 0 Å². The Labute approximate surface area is 102 Å². The number of aromatic nitrogens is 2. The van der Waals surface area contributed by atoms with Crippen LogP contribution < -0.4 is 5.73 Å². The van der Waals surface area contributed by atoms with Crippen molar-refractivity contribution < 1.29 is 4.52 Å². The molecule has 1 heterocycles. The van der Waals surface area contributed by atoms with Crippen LogP contribution in [0.25, 0.3) is 0 Å². The molecule has 0 radical (unpaired) electrons. The van der Waals surface area contributed by atoms with Crippen LogP contribution in [0, 0.1) is 11.8 Å². The van der Waals surface area contributed by atoms with E-state index in [1.807, 2.05) is 13.8 Å². The molecule has 4 nitrogen and oxygen atoms in total. The van der Waals surface area contributed by atoms with Crippen molar-refractivity contribution in [2.45, 2.75) is 57.4 Å². The van der Waals surface area contributed by atoms with E-state index >= 15 is 0 Å². The zero-order chi connectivity index (χ0) is 12.0. The summed E-state index contributed by atoms with van der Waals surface area (Å²) in [5, 5.41) is 4.16. The topological polar surface area (TPSA) is 64.9 Å². The SMILES string of the molecule is CC(C)(N)Cc1nc(C2CC3CCC2C3)no1. The molecule has 1 aromatic heterocycles. The first-order valence-corrected chi connectivity index (χ1v) is 6.62. The molecule has 3 atom stereocenters. The lowest BCUT2D eigenvalue weighted by molar-refractivity contribution is 0.334. The second-order valence-corrected chi connectivity index (χ2v) is 6.49. The van der Waals surface area contributed by atoms with Crippen LogP contribution in [0.4, 0.5) is 0 Å². The van der Waals surface area contributed by atoms with Crippen molar-refractivity contribution in [2.75, 3.05) is 0 Å². The summed E-state index contributed by atoms with van der Waals surface area (Å²) in [6.07, 6.45) is 6.04. The molecule has 2 aliphatic rings. The average molecular weight is 235 g/mol. The lowest BCUT2D eigenvalue weighted by atomic mass is 9.88. The predicted molar refractivity (Wildman–Crippen MR) is 64.5 cm³/mol. The van der Waals surface area contributed by atoms with E-state index in [9.17, 15) is 0 Å². The van der Waals surface area contributed by atoms with E-state index in [0.29, 0.717) is 18.2 Å². The summed E-state index contributed by atoms with van der Waals surface area (Å²) in [5.74, 6) is 3.88. The zero-order valence-corrected chi connectivity index (χ0v) is 10.6. The van der Waals surface area contributed by atoms with E-state index in [2.05, 4.69) is 10.1 Å². The maximum absolute atomic E-state index is 5.96. The molecule has 0 saturated heterocycles. The molecule has 3 unspecified atom stereocenters. The van der Waals surface area contributed by atoms with Gasteiger partial charge in [-0.25, -0.2) is 0 Å². The molecule has 2 fully saturated rings. The highest BCUT2D eigenvalue weighted by Crippen LogP contribution is 2.52. The number of fused-ring (bicyclic) bond motifs is 2. The second kappa shape index (κ2) is 3.80. The smallest absolute Gasteiger partial charge is 0.228 e. The molecule has 0 spiro atoms. The fourth-order valence-electron chi connectivity index (χ4n) is 3.44. The zero-order valence-electron chi connectivity index (χ0n) is 10.6. The van der Waals surface area contributed by atoms with E-state index in [0.717, 1.165) is 17.7 Å². The quantitative estimate of drug-likeness (QED) is 0.872. The van der Waals surface area contributed by atoms with Gasteiger partial charge in [0.2, 0.25) is 5.89 Å². The maximum Gasteiger partial charge on any atom is 0.228 e. The van der Waals surface area contributed by atoms with Crippen molar-refractivity contribution in [2.24, 2.45) is 17.6 Å². The number of nitrogens with two attached hydrogens (primary N) is 1. The lowest BCUT2D eigenvalue weighted by Crippen LogP contribution is -2.34. The van der Waals surface area contributed by atoms with Crippen molar-refractivity contribution in [1.82, 2.24) is 10.1 Å². The third kappa shape index (κ3) is 2.23. The Kier molecular flexibility index (Phi) is 2.51. The minimum Gasteiger partial charge on any atom is -0.339 e. The van der Waals surface area contributed by atoms with Gasteiger partial charge in [-0.15, -0.1) is 0 Å². The average Bonchev–Trinajstić information content (AvgIpc) is 2.87. The summed E-state index contributed by atoms with van der Waals surface area (Å²) < 4.78 is 5.32. The lowest BCUT2D eigenvalue weighted by Gasteiger charge is -2.17. The summed E-state index contributed by atoms with van der Waals surface area (Å²) >= 11 is 0. The summed E-state index contributed by atoms with van der Waals surface area (Å²) in [7, 11) is 0. The van der Waals surface area contributed by atoms with Gasteiger partial charge in [0, 0.05) is 17.9 Å². The van der Waals surface area contributed by atoms with Gasteiger partial charge in [0.25, 0.3) is 0 Å². The van der Waals surface area contributed by atoms with Crippen LogP contribution in [0.3, 0.4) is 0 Å². The first-order chi connectivity index (χ1) is 8.01. The van der Waals surface area contributed by atoms with Crippen molar-refractivity contribution in [3.63, 3.8) is 0 Å². The first kappa shape index (κ1) is 11.2. The highest BCUT2D eigenvalue weighted by atomic mass is 16.5. The Morgan fingerprint density at radius 3 is 2.76 bits per heavy atom. The Bertz CT molecular complexity index is 407. The van der Waals surface area contributed by atoms with Gasteiger partial charge in [-0.2, -0.15) is 4.98 Å². The van der Waals surface area contributed by atoms with Crippen LogP contribution in [-0.4, -0.2) is 15.7 Å². The molecular formula is C13H21N3O. The number of hydrogen-bond donors (Lipinski definition) is 1. The van der Waals surface area contributed by atoms with Crippen LogP contribution in [-0.2, 0) is 6.42 Å². The monoisotopic (exact) mass is 235 g/mol. The van der Waals surface area contributed by atoms with Crippen LogP contribution in [0.5, 0.6) is 0 Å². The molecule has 0 aromatic carbocycles. The minimum atomic E-state index is -0.279. The molecule has 2 N–H and O–H groups in total. The number of nitrogens with zero attached hydrogens (tertiary/aromatic N) is 2. The van der Waals surface area contributed by atoms with Gasteiger partial charge in [-0.05, 0) is 44.9 Å². The van der Waals surface area contributed by atoms with Gasteiger partial charge in [0.05, 0.1) is 0 Å². The fourth-order valence-corrected chi connectivity index (χ4v) is 3.44. The maximum atomic E-state index is 5.96. The molecule has 0 aliphatic heterocycles. The normalized spacial score (nSPS) is 32.3. The van der Waals surface area contributed by atoms with E-state index in [1.54, 1.807) is 0 Å². The first-order valence-electron chi connectivity index (χ1n) is 6.62. The van der Waals surface area contributed by atoms with E-state index in [1.165, 1.54) is 25.7 Å². The third-order valence-corrected chi connectivity index (χ3v) is 4.16. The van der Waals surface area contributed by atoms with Gasteiger partial charge in [-0.3, -0.25) is 0 Å². The molecule has 3 rings (SSSR count). The van der Waals surface area contributed by atoms with Crippen molar-refractivity contribution in [1.29, 1.82) is 0 Å². The molecule has 4 heteroatoms. The van der Waals surface area contributed by atoms with Crippen LogP contribution in [0.2, 0.25) is 0 Å². The summed E-state index contributed by atoms with van der Waals surface area (Å²) in [5.41, 5.74) is 5.68. The highest BCUT2D eigenvalue weighted by molar-refractivity contribution is 5.07. The Morgan fingerprint density at radius 1 is 1.35 bits per heavy atom. The Morgan fingerprint density at radius 2 is 2.18 bits per heavy atom. The predicted octanol–water partition coefficient (Wildman–Crippen LogP) is 2.25. The number of rotatable bonds is 3. The molecular weight excluding hydrogens is 214 g/mol. The third-order valence-electron chi connectivity index (χ3n) is 4.16. The summed E-state index contributed by atoms with van der Waals surface area (Å²) in [6.45, 7) is 3.96. The van der Waals surface area contributed by atoms with Crippen LogP contribution in [0.1, 0.15) is 57.2 Å². The fraction of sp³-hybridized carbons (Fsp3) is 0.846. The van der Waals surface area contributed by atoms with Crippen molar-refractivity contribution in [3.8, 4) is 0 Å².